The largest absolute Gasteiger partial charge is 0.380 e. The zero-order valence-electron chi connectivity index (χ0n) is 15.3. The normalized spacial score (nSPS) is 22.2. The minimum atomic E-state index is 0.221. The molecule has 0 amide bonds. The highest BCUT2D eigenvalue weighted by Crippen LogP contribution is 2.36. The first kappa shape index (κ1) is 19.1. The van der Waals surface area contributed by atoms with Crippen molar-refractivity contribution in [3.63, 3.8) is 0 Å². The maximum atomic E-state index is 5.76. The predicted octanol–water partition coefficient (Wildman–Crippen LogP) is 2.38. The predicted molar refractivity (Wildman–Crippen MR) is 88.6 cm³/mol. The van der Waals surface area contributed by atoms with Gasteiger partial charge in [0, 0.05) is 10.8 Å². The van der Waals surface area contributed by atoms with Crippen LogP contribution >= 0.6 is 0 Å². The molecule has 0 radical (unpaired) electrons. The van der Waals surface area contributed by atoms with Crippen LogP contribution in [0.4, 0.5) is 0 Å². The fraction of sp³-hybridized carbons (Fsp3) is 1.00. The van der Waals surface area contributed by atoms with Crippen LogP contribution in [0.5, 0.6) is 0 Å². The van der Waals surface area contributed by atoms with E-state index in [-0.39, 0.29) is 10.8 Å². The van der Waals surface area contributed by atoms with Crippen molar-refractivity contribution >= 4 is 0 Å². The van der Waals surface area contributed by atoms with Gasteiger partial charge in [-0.05, 0) is 11.8 Å². The van der Waals surface area contributed by atoms with Crippen LogP contribution in [-0.2, 0) is 23.7 Å². The van der Waals surface area contributed by atoms with E-state index in [1.807, 2.05) is 0 Å². The molecule has 2 saturated heterocycles. The lowest BCUT2D eigenvalue weighted by molar-refractivity contribution is -0.177. The molecule has 0 saturated carbocycles. The summed E-state index contributed by atoms with van der Waals surface area (Å²) in [5, 5.41) is 0. The molecule has 2 aliphatic rings. The van der Waals surface area contributed by atoms with Gasteiger partial charge in [0.1, 0.15) is 0 Å². The minimum Gasteiger partial charge on any atom is -0.380 e. The Labute approximate surface area is 140 Å². The smallest absolute Gasteiger partial charge is 0.0701 e. The maximum absolute atomic E-state index is 5.76. The first-order chi connectivity index (χ1) is 11.0. The fourth-order valence-electron chi connectivity index (χ4n) is 2.78. The number of hydrogen-bond acceptors (Lipinski definition) is 5. The summed E-state index contributed by atoms with van der Waals surface area (Å²) < 4.78 is 27.8. The first-order valence-electron chi connectivity index (χ1n) is 8.89. The Morgan fingerprint density at radius 2 is 1.00 bits per heavy atom. The van der Waals surface area contributed by atoms with Gasteiger partial charge in [-0.2, -0.15) is 0 Å². The molecule has 2 fully saturated rings. The molecule has 5 heteroatoms. The summed E-state index contributed by atoms with van der Waals surface area (Å²) in [6.07, 6.45) is 0. The Balaban J connectivity index is 1.43. The third-order valence-electron chi connectivity index (χ3n) is 5.53. The number of hydrogen-bond donors (Lipinski definition) is 0. The van der Waals surface area contributed by atoms with Crippen molar-refractivity contribution in [2.24, 2.45) is 22.7 Å². The van der Waals surface area contributed by atoms with E-state index in [0.29, 0.717) is 38.3 Å². The monoisotopic (exact) mass is 330 g/mol. The molecule has 0 unspecified atom stereocenters. The van der Waals surface area contributed by atoms with Crippen molar-refractivity contribution in [2.75, 3.05) is 66.1 Å². The fourth-order valence-corrected chi connectivity index (χ4v) is 2.78. The minimum absolute atomic E-state index is 0.221. The summed E-state index contributed by atoms with van der Waals surface area (Å²) in [4.78, 5) is 0. The van der Waals surface area contributed by atoms with Crippen molar-refractivity contribution < 1.29 is 23.7 Å². The molecule has 23 heavy (non-hydrogen) atoms. The van der Waals surface area contributed by atoms with E-state index in [1.165, 1.54) is 0 Å². The first-order valence-corrected chi connectivity index (χ1v) is 8.89. The lowest BCUT2D eigenvalue weighted by Gasteiger charge is -2.44. The Hall–Kier alpha value is -0.200. The van der Waals surface area contributed by atoms with Gasteiger partial charge < -0.3 is 23.7 Å². The van der Waals surface area contributed by atoms with E-state index in [0.717, 1.165) is 39.6 Å². The van der Waals surface area contributed by atoms with Crippen molar-refractivity contribution in [3.05, 3.63) is 0 Å². The van der Waals surface area contributed by atoms with Gasteiger partial charge in [0.15, 0.2) is 0 Å². The van der Waals surface area contributed by atoms with Crippen molar-refractivity contribution in [3.8, 4) is 0 Å². The summed E-state index contributed by atoms with van der Waals surface area (Å²) in [5.74, 6) is 1.18. The second-order valence-corrected chi connectivity index (χ2v) is 7.74. The van der Waals surface area contributed by atoms with Crippen LogP contribution < -0.4 is 0 Å². The van der Waals surface area contributed by atoms with Crippen LogP contribution in [-0.4, -0.2) is 66.1 Å². The molecule has 0 spiro atoms. The SMILES string of the molecule is CC(C)C1(COCCOCCOCC2(C(C)C)COC2)COC1. The Morgan fingerprint density at radius 1 is 0.652 bits per heavy atom. The van der Waals surface area contributed by atoms with E-state index in [4.69, 9.17) is 23.7 Å². The van der Waals surface area contributed by atoms with Gasteiger partial charge in [-0.25, -0.2) is 0 Å². The van der Waals surface area contributed by atoms with Gasteiger partial charge in [-0.15, -0.1) is 0 Å². The van der Waals surface area contributed by atoms with Crippen LogP contribution in [0.15, 0.2) is 0 Å². The summed E-state index contributed by atoms with van der Waals surface area (Å²) in [6, 6.07) is 0. The standard InChI is InChI=1S/C18H34O5/c1-15(2)17(11-22-12-17)9-20-7-5-19-6-8-21-10-18(16(3)4)13-23-14-18/h15-16H,5-14H2,1-4H3. The van der Waals surface area contributed by atoms with Crippen molar-refractivity contribution in [1.82, 2.24) is 0 Å². The molecule has 0 atom stereocenters. The molecule has 136 valence electrons. The summed E-state index contributed by atoms with van der Waals surface area (Å²) in [5.41, 5.74) is 0.443. The van der Waals surface area contributed by atoms with Crippen LogP contribution in [0.3, 0.4) is 0 Å². The molecule has 0 aromatic heterocycles. The third-order valence-corrected chi connectivity index (χ3v) is 5.53. The number of ether oxygens (including phenoxy) is 5. The molecule has 2 heterocycles. The Bertz CT molecular complexity index is 302. The zero-order chi connectivity index (χ0) is 16.8. The Kier molecular flexibility index (Phi) is 7.29. The van der Waals surface area contributed by atoms with Gasteiger partial charge in [0.25, 0.3) is 0 Å². The van der Waals surface area contributed by atoms with E-state index in [1.54, 1.807) is 0 Å². The number of rotatable bonds is 12. The average molecular weight is 330 g/mol. The van der Waals surface area contributed by atoms with E-state index in [2.05, 4.69) is 27.7 Å². The molecule has 2 aliphatic heterocycles. The molecule has 2 rings (SSSR count). The lowest BCUT2D eigenvalue weighted by Crippen LogP contribution is -2.50. The van der Waals surface area contributed by atoms with Gasteiger partial charge in [0.05, 0.1) is 66.1 Å². The zero-order valence-corrected chi connectivity index (χ0v) is 15.3. The second-order valence-electron chi connectivity index (χ2n) is 7.74. The topological polar surface area (TPSA) is 46.2 Å². The van der Waals surface area contributed by atoms with Crippen LogP contribution in [0, 0.1) is 22.7 Å². The molecule has 0 aromatic carbocycles. The molecule has 0 N–H and O–H groups in total. The van der Waals surface area contributed by atoms with Gasteiger partial charge >= 0.3 is 0 Å². The van der Waals surface area contributed by atoms with Crippen LogP contribution in [0.2, 0.25) is 0 Å². The molecule has 5 nitrogen and oxygen atoms in total. The highest BCUT2D eigenvalue weighted by Gasteiger charge is 2.42. The van der Waals surface area contributed by atoms with Gasteiger partial charge in [-0.1, -0.05) is 27.7 Å². The van der Waals surface area contributed by atoms with Crippen molar-refractivity contribution in [1.29, 1.82) is 0 Å². The van der Waals surface area contributed by atoms with Gasteiger partial charge in [0.2, 0.25) is 0 Å². The lowest BCUT2D eigenvalue weighted by atomic mass is 9.76. The molecule has 0 aliphatic carbocycles. The van der Waals surface area contributed by atoms with Crippen molar-refractivity contribution in [2.45, 2.75) is 27.7 Å². The van der Waals surface area contributed by atoms with Crippen LogP contribution in [0.25, 0.3) is 0 Å². The molecule has 0 aromatic rings. The molecular formula is C18H34O5. The summed E-state index contributed by atoms with van der Waals surface area (Å²) >= 11 is 0. The van der Waals surface area contributed by atoms with E-state index in [9.17, 15) is 0 Å². The maximum Gasteiger partial charge on any atom is 0.0701 e. The van der Waals surface area contributed by atoms with E-state index >= 15 is 0 Å². The molecular weight excluding hydrogens is 296 g/mol. The average Bonchev–Trinajstić information content (AvgIpc) is 2.40. The second kappa shape index (κ2) is 8.77. The van der Waals surface area contributed by atoms with Gasteiger partial charge in [-0.3, -0.25) is 0 Å². The Morgan fingerprint density at radius 3 is 1.26 bits per heavy atom. The third kappa shape index (κ3) is 4.89. The van der Waals surface area contributed by atoms with Crippen LogP contribution in [0.1, 0.15) is 27.7 Å². The highest BCUT2D eigenvalue weighted by molar-refractivity contribution is 4.89. The quantitative estimate of drug-likeness (QED) is 0.514. The van der Waals surface area contributed by atoms with E-state index < -0.39 is 0 Å². The summed E-state index contributed by atoms with van der Waals surface area (Å²) in [7, 11) is 0. The summed E-state index contributed by atoms with van der Waals surface area (Å²) in [6.45, 7) is 16.3. The molecule has 0 bridgehead atoms. The highest BCUT2D eigenvalue weighted by atomic mass is 16.6.